The van der Waals surface area contributed by atoms with Crippen LogP contribution in [-0.4, -0.2) is 19.3 Å². The molecule has 0 amide bonds. The van der Waals surface area contributed by atoms with Crippen LogP contribution in [-0.2, 0) is 20.0 Å². The summed E-state index contributed by atoms with van der Waals surface area (Å²) in [6.07, 6.45) is 3.17. The molecule has 19 heavy (non-hydrogen) atoms. The number of benzene rings is 1. The van der Waals surface area contributed by atoms with Crippen molar-refractivity contribution in [3.63, 3.8) is 0 Å². The summed E-state index contributed by atoms with van der Waals surface area (Å²) in [5.41, 5.74) is 2.69. The molecule has 0 saturated carbocycles. The van der Waals surface area contributed by atoms with E-state index in [1.807, 2.05) is 18.5 Å². The van der Waals surface area contributed by atoms with Crippen molar-refractivity contribution in [3.8, 4) is 0 Å². The minimum atomic E-state index is 0.762. The van der Waals surface area contributed by atoms with Gasteiger partial charge in [-0.05, 0) is 30.4 Å². The summed E-state index contributed by atoms with van der Waals surface area (Å²) in [5.74, 6) is 1.93. The van der Waals surface area contributed by atoms with Gasteiger partial charge in [-0.3, -0.25) is 0 Å². The first kappa shape index (κ1) is 12.0. The molecular weight excluding hydrogens is 236 g/mol. The van der Waals surface area contributed by atoms with Crippen molar-refractivity contribution in [1.29, 1.82) is 0 Å². The topological polar surface area (TPSA) is 35.6 Å². The zero-order chi connectivity index (χ0) is 13.4. The van der Waals surface area contributed by atoms with Crippen LogP contribution in [0.2, 0.25) is 0 Å². The maximum absolute atomic E-state index is 4.24. The highest BCUT2D eigenvalue weighted by atomic mass is 15.3. The van der Waals surface area contributed by atoms with Gasteiger partial charge in [0, 0.05) is 13.2 Å². The van der Waals surface area contributed by atoms with Crippen LogP contribution in [0.5, 0.6) is 0 Å². The fourth-order valence-electron chi connectivity index (χ4n) is 2.50. The molecule has 0 radical (unpaired) electrons. The van der Waals surface area contributed by atoms with Gasteiger partial charge in [-0.2, -0.15) is 0 Å². The van der Waals surface area contributed by atoms with Crippen molar-refractivity contribution in [1.82, 2.24) is 19.3 Å². The van der Waals surface area contributed by atoms with Gasteiger partial charge in [0.2, 0.25) is 0 Å². The van der Waals surface area contributed by atoms with Crippen LogP contribution in [0.1, 0.15) is 24.1 Å². The van der Waals surface area contributed by atoms with Crippen molar-refractivity contribution < 1.29 is 0 Å². The molecule has 4 heteroatoms. The summed E-state index contributed by atoms with van der Waals surface area (Å²) in [6, 6.07) is 8.64. The summed E-state index contributed by atoms with van der Waals surface area (Å²) < 4.78 is 4.30. The third-order valence-corrected chi connectivity index (χ3v) is 3.75. The first-order valence-corrected chi connectivity index (χ1v) is 6.62. The molecule has 2 heterocycles. The third kappa shape index (κ3) is 1.93. The van der Waals surface area contributed by atoms with E-state index in [4.69, 9.17) is 0 Å². The van der Waals surface area contributed by atoms with E-state index in [9.17, 15) is 0 Å². The van der Waals surface area contributed by atoms with Gasteiger partial charge >= 0.3 is 0 Å². The molecule has 0 spiro atoms. The lowest BCUT2D eigenvalue weighted by atomic mass is 10.1. The first-order chi connectivity index (χ1) is 9.20. The number of fused-ring (bicyclic) bond motifs is 1. The average Bonchev–Trinajstić information content (AvgIpc) is 2.98. The van der Waals surface area contributed by atoms with Crippen molar-refractivity contribution in [2.24, 2.45) is 7.05 Å². The van der Waals surface area contributed by atoms with Crippen molar-refractivity contribution in [2.45, 2.75) is 26.8 Å². The molecule has 4 nitrogen and oxygen atoms in total. The van der Waals surface area contributed by atoms with Gasteiger partial charge in [0.1, 0.15) is 5.82 Å². The smallest absolute Gasteiger partial charge is 0.152 e. The molecule has 0 N–H and O–H groups in total. The number of hydrogen-bond acceptors (Lipinski definition) is 2. The lowest BCUT2D eigenvalue weighted by molar-refractivity contribution is 0.706. The summed E-state index contributed by atoms with van der Waals surface area (Å²) >= 11 is 0. The van der Waals surface area contributed by atoms with E-state index in [-0.39, 0.29) is 0 Å². The predicted molar refractivity (Wildman–Crippen MR) is 76.2 cm³/mol. The molecule has 0 atom stereocenters. The quantitative estimate of drug-likeness (QED) is 0.720. The summed E-state index contributed by atoms with van der Waals surface area (Å²) in [4.78, 5) is 0. The summed E-state index contributed by atoms with van der Waals surface area (Å²) in [5, 5.41) is 9.65. The van der Waals surface area contributed by atoms with E-state index in [2.05, 4.69) is 52.2 Å². The predicted octanol–water partition coefficient (Wildman–Crippen LogP) is 2.69. The number of hydrogen-bond donors (Lipinski definition) is 0. The SMILES string of the molecule is CCc1cccc2ccn(Cc3nnc(C)n3C)c12. The Kier molecular flexibility index (Phi) is 2.85. The van der Waals surface area contributed by atoms with Gasteiger partial charge in [0.25, 0.3) is 0 Å². The van der Waals surface area contributed by atoms with Crippen LogP contribution in [0.3, 0.4) is 0 Å². The van der Waals surface area contributed by atoms with Crippen LogP contribution in [0.15, 0.2) is 30.5 Å². The van der Waals surface area contributed by atoms with Gasteiger partial charge in [-0.15, -0.1) is 10.2 Å². The molecule has 0 bridgehead atoms. The second kappa shape index (κ2) is 4.53. The fraction of sp³-hybridized carbons (Fsp3) is 0.333. The van der Waals surface area contributed by atoms with E-state index < -0.39 is 0 Å². The molecule has 1 aromatic carbocycles. The van der Waals surface area contributed by atoms with Crippen molar-refractivity contribution in [2.75, 3.05) is 0 Å². The van der Waals surface area contributed by atoms with Crippen molar-refractivity contribution >= 4 is 10.9 Å². The second-order valence-electron chi connectivity index (χ2n) is 4.87. The molecule has 2 aromatic heterocycles. The molecule has 98 valence electrons. The molecule has 3 rings (SSSR count). The van der Waals surface area contributed by atoms with E-state index in [0.717, 1.165) is 24.6 Å². The highest BCUT2D eigenvalue weighted by Crippen LogP contribution is 2.21. The van der Waals surface area contributed by atoms with Gasteiger partial charge < -0.3 is 9.13 Å². The number of nitrogens with zero attached hydrogens (tertiary/aromatic N) is 4. The van der Waals surface area contributed by atoms with Gasteiger partial charge in [-0.1, -0.05) is 25.1 Å². The number of aryl methyl sites for hydroxylation is 2. The Morgan fingerprint density at radius 3 is 2.68 bits per heavy atom. The van der Waals surface area contributed by atoms with Crippen molar-refractivity contribution in [3.05, 3.63) is 47.7 Å². The molecule has 0 aliphatic rings. The maximum Gasteiger partial charge on any atom is 0.152 e. The van der Waals surface area contributed by atoms with E-state index >= 15 is 0 Å². The van der Waals surface area contributed by atoms with Gasteiger partial charge in [0.15, 0.2) is 5.82 Å². The van der Waals surface area contributed by atoms with Gasteiger partial charge in [0.05, 0.1) is 12.1 Å². The van der Waals surface area contributed by atoms with Gasteiger partial charge in [-0.25, -0.2) is 0 Å². The molecule has 0 fully saturated rings. The molecular formula is C15H18N4. The molecule has 0 saturated heterocycles. The zero-order valence-electron chi connectivity index (χ0n) is 11.6. The lowest BCUT2D eigenvalue weighted by Gasteiger charge is -2.08. The third-order valence-electron chi connectivity index (χ3n) is 3.75. The monoisotopic (exact) mass is 254 g/mol. The van der Waals surface area contributed by atoms with Crippen LogP contribution in [0.25, 0.3) is 10.9 Å². The second-order valence-corrected chi connectivity index (χ2v) is 4.87. The normalized spacial score (nSPS) is 11.3. The van der Waals surface area contributed by atoms with Crippen LogP contribution >= 0.6 is 0 Å². The van der Waals surface area contributed by atoms with Crippen LogP contribution in [0.4, 0.5) is 0 Å². The van der Waals surface area contributed by atoms with E-state index in [1.165, 1.54) is 16.5 Å². The largest absolute Gasteiger partial charge is 0.340 e. The lowest BCUT2D eigenvalue weighted by Crippen LogP contribution is -2.06. The summed E-state index contributed by atoms with van der Waals surface area (Å²) in [7, 11) is 2.01. The Morgan fingerprint density at radius 1 is 1.16 bits per heavy atom. The molecule has 0 aliphatic carbocycles. The fourth-order valence-corrected chi connectivity index (χ4v) is 2.50. The molecule has 0 unspecified atom stereocenters. The molecule has 3 aromatic rings. The Bertz CT molecular complexity index is 721. The number of rotatable bonds is 3. The standard InChI is InChI=1S/C15H18N4/c1-4-12-6-5-7-13-8-9-19(15(12)13)10-14-17-16-11(2)18(14)3/h5-9H,4,10H2,1-3H3. The number of aromatic nitrogens is 4. The maximum atomic E-state index is 4.24. The minimum Gasteiger partial charge on any atom is -0.340 e. The highest BCUT2D eigenvalue weighted by Gasteiger charge is 2.09. The zero-order valence-corrected chi connectivity index (χ0v) is 11.6. The Labute approximate surface area is 112 Å². The highest BCUT2D eigenvalue weighted by molar-refractivity contribution is 5.83. The Hall–Kier alpha value is -2.10. The van der Waals surface area contributed by atoms with E-state index in [1.54, 1.807) is 0 Å². The van der Waals surface area contributed by atoms with Crippen LogP contribution < -0.4 is 0 Å². The Balaban J connectivity index is 2.08. The average molecular weight is 254 g/mol. The molecule has 0 aliphatic heterocycles. The minimum absolute atomic E-state index is 0.762. The number of para-hydroxylation sites is 1. The van der Waals surface area contributed by atoms with E-state index in [0.29, 0.717) is 0 Å². The van der Waals surface area contributed by atoms with Crippen LogP contribution in [0, 0.1) is 6.92 Å². The Morgan fingerprint density at radius 2 is 2.00 bits per heavy atom. The first-order valence-electron chi connectivity index (χ1n) is 6.62. The summed E-state index contributed by atoms with van der Waals surface area (Å²) in [6.45, 7) is 4.93.